The van der Waals surface area contributed by atoms with Crippen molar-refractivity contribution in [1.29, 1.82) is 0 Å². The highest BCUT2D eigenvalue weighted by atomic mass is 16.5. The monoisotopic (exact) mass is 557 g/mol. The molecule has 0 radical (unpaired) electrons. The van der Waals surface area contributed by atoms with Gasteiger partial charge >= 0.3 is 0 Å². The van der Waals surface area contributed by atoms with Crippen molar-refractivity contribution in [3.05, 3.63) is 76.9 Å². The van der Waals surface area contributed by atoms with Gasteiger partial charge in [0.2, 0.25) is 0 Å². The van der Waals surface area contributed by atoms with Crippen LogP contribution < -0.4 is 24.4 Å². The first-order chi connectivity index (χ1) is 20.0. The lowest BCUT2D eigenvalue weighted by Gasteiger charge is -2.26. The molecular formula is C32H35N3O6. The van der Waals surface area contributed by atoms with Crippen LogP contribution in [0.15, 0.2) is 54.6 Å². The van der Waals surface area contributed by atoms with Crippen LogP contribution in [-0.4, -0.2) is 71.5 Å². The van der Waals surface area contributed by atoms with Crippen LogP contribution in [-0.2, 0) is 27.4 Å². The van der Waals surface area contributed by atoms with Gasteiger partial charge in [-0.1, -0.05) is 0 Å². The molecule has 6 rings (SSSR count). The molecule has 0 aromatic heterocycles. The molecule has 0 atom stereocenters. The first-order valence-corrected chi connectivity index (χ1v) is 13.8. The molecule has 9 nitrogen and oxygen atoms in total. The molecule has 0 aliphatic carbocycles. The number of hydrogen-bond acceptors (Lipinski definition) is 8. The van der Waals surface area contributed by atoms with Crippen LogP contribution in [0.1, 0.15) is 22.3 Å². The summed E-state index contributed by atoms with van der Waals surface area (Å²) in [7, 11) is 5.31. The van der Waals surface area contributed by atoms with Crippen LogP contribution >= 0.6 is 0 Å². The van der Waals surface area contributed by atoms with Crippen molar-refractivity contribution >= 4 is 28.6 Å². The van der Waals surface area contributed by atoms with Crippen molar-refractivity contribution in [2.45, 2.75) is 13.2 Å². The Labute approximate surface area is 240 Å². The zero-order valence-electron chi connectivity index (χ0n) is 23.7. The number of amides is 1. The van der Waals surface area contributed by atoms with E-state index in [2.05, 4.69) is 15.1 Å². The molecule has 214 valence electrons. The van der Waals surface area contributed by atoms with Gasteiger partial charge in [0.25, 0.3) is 5.91 Å². The highest BCUT2D eigenvalue weighted by molar-refractivity contribution is 6.36. The summed E-state index contributed by atoms with van der Waals surface area (Å²) in [5.74, 6) is 2.76. The SMILES string of the molecule is COc1ccc(CN(C)c2ccc3c(c2)/C(=C2\OCc4cc(OCCN5CCOCC5)ccc42)C(=O)N3)c(OC)c1. The molecule has 0 unspecified atom stereocenters. The summed E-state index contributed by atoms with van der Waals surface area (Å²) in [5.41, 5.74) is 6.09. The van der Waals surface area contributed by atoms with Crippen LogP contribution in [0.5, 0.6) is 17.2 Å². The second-order valence-electron chi connectivity index (χ2n) is 10.3. The van der Waals surface area contributed by atoms with Gasteiger partial charge in [-0.25, -0.2) is 0 Å². The number of anilines is 2. The molecule has 1 amide bonds. The molecule has 3 aliphatic heterocycles. The van der Waals surface area contributed by atoms with Crippen molar-refractivity contribution < 1.29 is 28.5 Å². The zero-order chi connectivity index (χ0) is 28.3. The van der Waals surface area contributed by atoms with E-state index in [0.717, 1.165) is 83.7 Å². The molecule has 1 saturated heterocycles. The molecule has 0 bridgehead atoms. The Balaban J connectivity index is 1.21. The molecule has 1 fully saturated rings. The summed E-state index contributed by atoms with van der Waals surface area (Å²) in [4.78, 5) is 17.6. The van der Waals surface area contributed by atoms with Crippen molar-refractivity contribution in [3.63, 3.8) is 0 Å². The van der Waals surface area contributed by atoms with Gasteiger partial charge in [-0.05, 0) is 48.5 Å². The predicted molar refractivity (Wildman–Crippen MR) is 158 cm³/mol. The smallest absolute Gasteiger partial charge is 0.260 e. The molecule has 3 aromatic carbocycles. The van der Waals surface area contributed by atoms with Crippen molar-refractivity contribution in [3.8, 4) is 17.2 Å². The van der Waals surface area contributed by atoms with Gasteiger partial charge in [-0.2, -0.15) is 0 Å². The van der Waals surface area contributed by atoms with Gasteiger partial charge in [0.05, 0.1) is 33.0 Å². The van der Waals surface area contributed by atoms with E-state index in [-0.39, 0.29) is 5.91 Å². The van der Waals surface area contributed by atoms with Crippen LogP contribution in [0, 0.1) is 0 Å². The van der Waals surface area contributed by atoms with E-state index in [1.807, 2.05) is 61.6 Å². The highest BCUT2D eigenvalue weighted by Gasteiger charge is 2.33. The van der Waals surface area contributed by atoms with E-state index in [1.54, 1.807) is 14.2 Å². The fourth-order valence-electron chi connectivity index (χ4n) is 5.50. The Bertz CT molecular complexity index is 1480. The minimum Gasteiger partial charge on any atom is -0.497 e. The van der Waals surface area contributed by atoms with Crippen LogP contribution in [0.2, 0.25) is 0 Å². The van der Waals surface area contributed by atoms with Crippen molar-refractivity contribution in [2.75, 3.05) is 70.9 Å². The predicted octanol–water partition coefficient (Wildman–Crippen LogP) is 4.40. The van der Waals surface area contributed by atoms with Gasteiger partial charge in [0.15, 0.2) is 0 Å². The van der Waals surface area contributed by atoms with E-state index in [1.165, 1.54) is 0 Å². The van der Waals surface area contributed by atoms with Gasteiger partial charge in [-0.15, -0.1) is 0 Å². The van der Waals surface area contributed by atoms with E-state index in [0.29, 0.717) is 31.1 Å². The van der Waals surface area contributed by atoms with Crippen LogP contribution in [0.3, 0.4) is 0 Å². The second kappa shape index (κ2) is 11.7. The Morgan fingerprint density at radius 2 is 1.78 bits per heavy atom. The van der Waals surface area contributed by atoms with Gasteiger partial charge < -0.3 is 33.9 Å². The minimum absolute atomic E-state index is 0.162. The third-order valence-corrected chi connectivity index (χ3v) is 7.79. The summed E-state index contributed by atoms with van der Waals surface area (Å²) in [6.45, 7) is 5.93. The number of hydrogen-bond donors (Lipinski definition) is 1. The molecular weight excluding hydrogens is 522 g/mol. The fraction of sp³-hybridized carbons (Fsp3) is 0.344. The molecule has 3 aromatic rings. The van der Waals surface area contributed by atoms with Crippen molar-refractivity contribution in [1.82, 2.24) is 4.90 Å². The lowest BCUT2D eigenvalue weighted by molar-refractivity contribution is -0.110. The molecule has 3 aliphatic rings. The number of carbonyl (C=O) groups excluding carboxylic acids is 1. The van der Waals surface area contributed by atoms with E-state index >= 15 is 0 Å². The molecule has 9 heteroatoms. The molecule has 0 saturated carbocycles. The topological polar surface area (TPSA) is 81.7 Å². The first kappa shape index (κ1) is 27.0. The quantitative estimate of drug-likeness (QED) is 0.388. The second-order valence-corrected chi connectivity index (χ2v) is 10.3. The minimum atomic E-state index is -0.162. The number of carbonyl (C=O) groups is 1. The largest absolute Gasteiger partial charge is 0.497 e. The average molecular weight is 558 g/mol. The Kier molecular flexibility index (Phi) is 7.71. The van der Waals surface area contributed by atoms with Gasteiger partial charge in [-0.3, -0.25) is 9.69 Å². The number of nitrogens with zero attached hydrogens (tertiary/aromatic N) is 2. The van der Waals surface area contributed by atoms with E-state index in [9.17, 15) is 4.79 Å². The Morgan fingerprint density at radius 3 is 2.59 bits per heavy atom. The highest BCUT2D eigenvalue weighted by Crippen LogP contribution is 2.43. The van der Waals surface area contributed by atoms with Crippen LogP contribution in [0.4, 0.5) is 11.4 Å². The molecule has 41 heavy (non-hydrogen) atoms. The summed E-state index contributed by atoms with van der Waals surface area (Å²) < 4.78 is 28.5. The van der Waals surface area contributed by atoms with Gasteiger partial charge in [0, 0.05) is 72.9 Å². The van der Waals surface area contributed by atoms with Crippen molar-refractivity contribution in [2.24, 2.45) is 0 Å². The molecule has 1 N–H and O–H groups in total. The average Bonchev–Trinajstić information content (AvgIpc) is 3.56. The first-order valence-electron chi connectivity index (χ1n) is 13.8. The third-order valence-electron chi connectivity index (χ3n) is 7.79. The normalized spacial score (nSPS) is 17.9. The maximum Gasteiger partial charge on any atom is 0.260 e. The number of fused-ring (bicyclic) bond motifs is 2. The maximum absolute atomic E-state index is 13.2. The lowest BCUT2D eigenvalue weighted by atomic mass is 9.99. The van der Waals surface area contributed by atoms with Gasteiger partial charge in [0.1, 0.15) is 36.2 Å². The number of benzene rings is 3. The number of morpholine rings is 1. The number of rotatable bonds is 9. The fourth-order valence-corrected chi connectivity index (χ4v) is 5.50. The third kappa shape index (κ3) is 5.55. The Morgan fingerprint density at radius 1 is 0.951 bits per heavy atom. The van der Waals surface area contributed by atoms with E-state index < -0.39 is 0 Å². The standard InChI is InChI=1S/C32H35N3O6/c1-34(19-21-4-6-24(37-2)18-29(21)38-3)23-5-9-28-27(17-23)30(32(36)33-28)31-26-8-7-25(16-22(26)20-41-31)40-15-12-35-10-13-39-14-11-35/h4-9,16-18H,10-15,19-20H2,1-3H3,(H,33,36)/b31-30+. The van der Waals surface area contributed by atoms with Crippen LogP contribution in [0.25, 0.3) is 11.3 Å². The lowest BCUT2D eigenvalue weighted by Crippen LogP contribution is -2.38. The summed E-state index contributed by atoms with van der Waals surface area (Å²) >= 11 is 0. The zero-order valence-corrected chi connectivity index (χ0v) is 23.7. The molecule has 0 spiro atoms. The number of ether oxygens (including phenoxy) is 5. The number of methoxy groups -OCH3 is 2. The van der Waals surface area contributed by atoms with E-state index in [4.69, 9.17) is 23.7 Å². The summed E-state index contributed by atoms with van der Waals surface area (Å²) in [6, 6.07) is 17.8. The number of nitrogens with one attached hydrogen (secondary N) is 1. The summed E-state index contributed by atoms with van der Waals surface area (Å²) in [5, 5.41) is 3.00. The molecule has 3 heterocycles. The summed E-state index contributed by atoms with van der Waals surface area (Å²) in [6.07, 6.45) is 0. The Hall–Kier alpha value is -4.21. The maximum atomic E-state index is 13.2.